The minimum Gasteiger partial charge on any atom is -0.463 e. The number of benzene rings is 2. The lowest BCUT2D eigenvalue weighted by atomic mass is 9.84. The van der Waals surface area contributed by atoms with Crippen LogP contribution in [0.3, 0.4) is 0 Å². The van der Waals surface area contributed by atoms with E-state index in [9.17, 15) is 18.0 Å². The van der Waals surface area contributed by atoms with E-state index in [0.717, 1.165) is 11.8 Å². The third kappa shape index (κ3) is 5.52. The summed E-state index contributed by atoms with van der Waals surface area (Å²) in [7, 11) is -3.34. The number of aromatic nitrogens is 1. The maximum atomic E-state index is 13.2. The zero-order valence-electron chi connectivity index (χ0n) is 19.9. The molecule has 1 amide bonds. The van der Waals surface area contributed by atoms with Crippen LogP contribution in [0, 0.1) is 0 Å². The molecular weight excluding hydrogens is 466 g/mol. The van der Waals surface area contributed by atoms with E-state index in [2.05, 4.69) is 15.0 Å². The Morgan fingerprint density at radius 2 is 1.86 bits per heavy atom. The SMILES string of the molecule is CC(C)(C)c1cc(-c2ccc[nH]c2=O)cc2c(C(=O)Nc3cccc(CNS(C)(=O)=O)c3)coc12. The molecule has 182 valence electrons. The van der Waals surface area contributed by atoms with Crippen molar-refractivity contribution in [2.24, 2.45) is 0 Å². The minimum absolute atomic E-state index is 0.112. The highest BCUT2D eigenvalue weighted by molar-refractivity contribution is 7.88. The van der Waals surface area contributed by atoms with Crippen molar-refractivity contribution in [2.45, 2.75) is 32.7 Å². The summed E-state index contributed by atoms with van der Waals surface area (Å²) in [5, 5.41) is 3.46. The van der Waals surface area contributed by atoms with Gasteiger partial charge in [-0.1, -0.05) is 32.9 Å². The van der Waals surface area contributed by atoms with Gasteiger partial charge in [-0.05, 0) is 52.9 Å². The Hall–Kier alpha value is -3.69. The van der Waals surface area contributed by atoms with Crippen molar-refractivity contribution in [1.29, 1.82) is 0 Å². The number of anilines is 1. The first kappa shape index (κ1) is 24.4. The summed E-state index contributed by atoms with van der Waals surface area (Å²) in [6.07, 6.45) is 4.08. The summed E-state index contributed by atoms with van der Waals surface area (Å²) in [6, 6.07) is 14.1. The predicted molar refractivity (Wildman–Crippen MR) is 137 cm³/mol. The molecule has 0 aliphatic carbocycles. The van der Waals surface area contributed by atoms with Crippen molar-refractivity contribution in [1.82, 2.24) is 9.71 Å². The molecule has 0 atom stereocenters. The number of rotatable bonds is 6. The zero-order valence-corrected chi connectivity index (χ0v) is 20.7. The van der Waals surface area contributed by atoms with Crippen molar-refractivity contribution in [2.75, 3.05) is 11.6 Å². The molecule has 0 bridgehead atoms. The lowest BCUT2D eigenvalue weighted by Crippen LogP contribution is -2.21. The lowest BCUT2D eigenvalue weighted by Gasteiger charge is -2.20. The Morgan fingerprint density at radius 3 is 2.54 bits per heavy atom. The molecule has 2 aromatic heterocycles. The van der Waals surface area contributed by atoms with Crippen LogP contribution < -0.4 is 15.6 Å². The maximum absolute atomic E-state index is 13.2. The molecule has 0 radical (unpaired) electrons. The number of hydrogen-bond donors (Lipinski definition) is 3. The van der Waals surface area contributed by atoms with Gasteiger partial charge in [0.2, 0.25) is 10.0 Å². The van der Waals surface area contributed by atoms with Crippen molar-refractivity contribution >= 4 is 32.6 Å². The van der Waals surface area contributed by atoms with Gasteiger partial charge in [-0.2, -0.15) is 0 Å². The quantitative estimate of drug-likeness (QED) is 0.368. The standard InChI is InChI=1S/C26H27N3O5S/c1-26(2,3)22-13-17(19-9-6-10-27-24(19)30)12-20-21(15-34-23(20)22)25(31)29-18-8-5-7-16(11-18)14-28-35(4,32)33/h5-13,15,28H,14H2,1-4H3,(H,27,30)(H,29,31). The fraction of sp³-hybridized carbons (Fsp3) is 0.231. The Labute approximate surface area is 203 Å². The molecule has 0 aliphatic heterocycles. The molecule has 3 N–H and O–H groups in total. The normalized spacial score (nSPS) is 12.1. The van der Waals surface area contributed by atoms with E-state index in [1.807, 2.05) is 26.8 Å². The minimum atomic E-state index is -3.34. The number of furan rings is 1. The van der Waals surface area contributed by atoms with Crippen LogP contribution in [0.5, 0.6) is 0 Å². The van der Waals surface area contributed by atoms with Crippen LogP contribution in [0.25, 0.3) is 22.1 Å². The Balaban J connectivity index is 1.73. The van der Waals surface area contributed by atoms with Crippen LogP contribution in [0.1, 0.15) is 42.3 Å². The third-order valence-electron chi connectivity index (χ3n) is 5.58. The Morgan fingerprint density at radius 1 is 1.09 bits per heavy atom. The fourth-order valence-corrected chi connectivity index (χ4v) is 4.28. The van der Waals surface area contributed by atoms with Crippen LogP contribution in [-0.4, -0.2) is 25.6 Å². The van der Waals surface area contributed by atoms with Crippen LogP contribution in [0.2, 0.25) is 0 Å². The van der Waals surface area contributed by atoms with Gasteiger partial charge in [0.15, 0.2) is 0 Å². The molecule has 8 nitrogen and oxygen atoms in total. The topological polar surface area (TPSA) is 121 Å². The van der Waals surface area contributed by atoms with E-state index in [4.69, 9.17) is 4.42 Å². The molecule has 2 heterocycles. The van der Waals surface area contributed by atoms with Gasteiger partial charge < -0.3 is 14.7 Å². The number of amides is 1. The largest absolute Gasteiger partial charge is 0.463 e. The van der Waals surface area contributed by atoms with E-state index in [1.54, 1.807) is 48.7 Å². The van der Waals surface area contributed by atoms with Gasteiger partial charge in [0.1, 0.15) is 11.8 Å². The lowest BCUT2D eigenvalue weighted by molar-refractivity contribution is 0.102. The smallest absolute Gasteiger partial charge is 0.259 e. The van der Waals surface area contributed by atoms with Crippen LogP contribution in [0.4, 0.5) is 5.69 Å². The molecule has 0 saturated carbocycles. The van der Waals surface area contributed by atoms with Gasteiger partial charge in [0.25, 0.3) is 11.5 Å². The van der Waals surface area contributed by atoms with Crippen molar-refractivity contribution < 1.29 is 17.6 Å². The van der Waals surface area contributed by atoms with Gasteiger partial charge in [-0.15, -0.1) is 0 Å². The Kier molecular flexibility index (Phi) is 6.40. The summed E-state index contributed by atoms with van der Waals surface area (Å²) in [4.78, 5) is 28.4. The number of H-pyrrole nitrogens is 1. The number of sulfonamides is 1. The van der Waals surface area contributed by atoms with Crippen LogP contribution >= 0.6 is 0 Å². The summed E-state index contributed by atoms with van der Waals surface area (Å²) in [5.41, 5.74) is 3.68. The number of carbonyl (C=O) groups is 1. The second-order valence-electron chi connectivity index (χ2n) is 9.46. The molecule has 9 heteroatoms. The second-order valence-corrected chi connectivity index (χ2v) is 11.3. The van der Waals surface area contributed by atoms with E-state index >= 15 is 0 Å². The zero-order chi connectivity index (χ0) is 25.4. The Bertz CT molecular complexity index is 1580. The maximum Gasteiger partial charge on any atom is 0.259 e. The summed E-state index contributed by atoms with van der Waals surface area (Å²) < 4.78 is 31.1. The van der Waals surface area contributed by atoms with Gasteiger partial charge >= 0.3 is 0 Å². The summed E-state index contributed by atoms with van der Waals surface area (Å²) in [6.45, 7) is 6.23. The summed E-state index contributed by atoms with van der Waals surface area (Å²) >= 11 is 0. The number of carbonyl (C=O) groups excluding carboxylic acids is 1. The van der Waals surface area contributed by atoms with Crippen LogP contribution in [0.15, 0.2) is 70.2 Å². The van der Waals surface area contributed by atoms with Gasteiger partial charge in [0.05, 0.1) is 11.8 Å². The van der Waals surface area contributed by atoms with E-state index in [1.165, 1.54) is 6.26 Å². The van der Waals surface area contributed by atoms with Gasteiger partial charge in [0, 0.05) is 34.9 Å². The number of hydrogen-bond acceptors (Lipinski definition) is 5. The molecule has 2 aromatic carbocycles. The highest BCUT2D eigenvalue weighted by atomic mass is 32.2. The first-order valence-corrected chi connectivity index (χ1v) is 12.9. The summed E-state index contributed by atoms with van der Waals surface area (Å²) in [5.74, 6) is -0.379. The number of pyridine rings is 1. The molecule has 4 rings (SSSR count). The first-order valence-electron chi connectivity index (χ1n) is 11.0. The van der Waals surface area contributed by atoms with Crippen LogP contribution in [-0.2, 0) is 22.0 Å². The number of fused-ring (bicyclic) bond motifs is 1. The van der Waals surface area contributed by atoms with Crippen molar-refractivity contribution in [3.8, 4) is 11.1 Å². The number of aromatic amines is 1. The highest BCUT2D eigenvalue weighted by Crippen LogP contribution is 2.36. The fourth-order valence-electron chi connectivity index (χ4n) is 3.85. The van der Waals surface area contributed by atoms with E-state index in [0.29, 0.717) is 38.9 Å². The highest BCUT2D eigenvalue weighted by Gasteiger charge is 2.24. The van der Waals surface area contributed by atoms with Gasteiger partial charge in [-0.25, -0.2) is 13.1 Å². The molecule has 0 aliphatic rings. The monoisotopic (exact) mass is 493 g/mol. The molecule has 0 unspecified atom stereocenters. The molecule has 0 spiro atoms. The second kappa shape index (κ2) is 9.16. The third-order valence-corrected chi connectivity index (χ3v) is 6.25. The van der Waals surface area contributed by atoms with Crippen molar-refractivity contribution in [3.63, 3.8) is 0 Å². The van der Waals surface area contributed by atoms with E-state index in [-0.39, 0.29) is 23.4 Å². The molecular formula is C26H27N3O5S. The molecule has 35 heavy (non-hydrogen) atoms. The molecule has 0 fully saturated rings. The average Bonchev–Trinajstić information content (AvgIpc) is 3.20. The van der Waals surface area contributed by atoms with E-state index < -0.39 is 10.0 Å². The molecule has 0 saturated heterocycles. The number of nitrogens with one attached hydrogen (secondary N) is 3. The van der Waals surface area contributed by atoms with Crippen molar-refractivity contribution in [3.05, 3.63) is 88.0 Å². The predicted octanol–water partition coefficient (Wildman–Crippen LogP) is 4.39. The first-order chi connectivity index (χ1) is 16.4. The average molecular weight is 494 g/mol. The van der Waals surface area contributed by atoms with Gasteiger partial charge in [-0.3, -0.25) is 9.59 Å². The molecule has 4 aromatic rings.